The average Bonchev–Trinajstić information content (AvgIpc) is 2.31. The number of nitrogens with one attached hydrogen (secondary N) is 1. The number of benzene rings is 1. The molecule has 4 nitrogen and oxygen atoms in total. The maximum atomic E-state index is 13.9. The highest BCUT2D eigenvalue weighted by atomic mass is 79.9. The predicted octanol–water partition coefficient (Wildman–Crippen LogP) is 1.44. The first-order valence-corrected chi connectivity index (χ1v) is 6.72. The van der Waals surface area contributed by atoms with E-state index in [1.54, 1.807) is 19.1 Å². The van der Waals surface area contributed by atoms with Crippen LogP contribution >= 0.6 is 15.9 Å². The van der Waals surface area contributed by atoms with Crippen molar-refractivity contribution in [2.45, 2.75) is 12.5 Å². The molecule has 0 spiro atoms. The van der Waals surface area contributed by atoms with Crippen molar-refractivity contribution in [2.24, 2.45) is 5.73 Å². The van der Waals surface area contributed by atoms with Gasteiger partial charge in [0.15, 0.2) is 0 Å². The number of nitrogens with zero attached hydrogens (tertiary/aromatic N) is 1. The van der Waals surface area contributed by atoms with E-state index in [1.165, 1.54) is 6.07 Å². The Hall–Kier alpha value is -0.980. The summed E-state index contributed by atoms with van der Waals surface area (Å²) < 4.78 is 14.6. The predicted molar refractivity (Wildman–Crippen MR) is 77.2 cm³/mol. The van der Waals surface area contributed by atoms with Gasteiger partial charge < -0.3 is 10.6 Å². The molecule has 19 heavy (non-hydrogen) atoms. The first kappa shape index (κ1) is 16.1. The van der Waals surface area contributed by atoms with Gasteiger partial charge in [0.2, 0.25) is 5.91 Å². The van der Waals surface area contributed by atoms with E-state index in [9.17, 15) is 9.18 Å². The number of likely N-dealkylation sites (N-methyl/N-ethyl adjacent to an activating group) is 1. The van der Waals surface area contributed by atoms with Crippen molar-refractivity contribution in [2.75, 3.05) is 27.2 Å². The van der Waals surface area contributed by atoms with Crippen molar-refractivity contribution in [3.63, 3.8) is 0 Å². The van der Waals surface area contributed by atoms with E-state index < -0.39 is 17.3 Å². The number of amides is 1. The molecule has 3 N–H and O–H groups in total. The van der Waals surface area contributed by atoms with Crippen molar-refractivity contribution in [3.8, 4) is 0 Å². The Morgan fingerprint density at radius 3 is 2.68 bits per heavy atom. The van der Waals surface area contributed by atoms with Gasteiger partial charge in [-0.15, -0.1) is 0 Å². The first-order chi connectivity index (χ1) is 8.77. The number of hydrogen-bond acceptors (Lipinski definition) is 3. The van der Waals surface area contributed by atoms with Crippen LogP contribution < -0.4 is 11.1 Å². The van der Waals surface area contributed by atoms with Gasteiger partial charge in [-0.3, -0.25) is 10.1 Å². The average molecular weight is 332 g/mol. The van der Waals surface area contributed by atoms with Gasteiger partial charge in [0.1, 0.15) is 11.4 Å². The summed E-state index contributed by atoms with van der Waals surface area (Å²) in [6.45, 7) is 2.84. The number of hydrogen-bond donors (Lipinski definition) is 2. The summed E-state index contributed by atoms with van der Waals surface area (Å²) in [5, 5.41) is 3.03. The van der Waals surface area contributed by atoms with Crippen LogP contribution in [0.1, 0.15) is 12.5 Å². The lowest BCUT2D eigenvalue weighted by Crippen LogP contribution is -2.52. The molecule has 0 fully saturated rings. The third kappa shape index (κ3) is 3.99. The zero-order valence-corrected chi connectivity index (χ0v) is 12.9. The molecule has 1 aromatic carbocycles. The zero-order chi connectivity index (χ0) is 14.6. The molecule has 6 heteroatoms. The summed E-state index contributed by atoms with van der Waals surface area (Å²) in [5.74, 6) is -1.06. The number of nitrogens with two attached hydrogens (primary N) is 1. The number of primary amides is 1. The molecule has 1 atom stereocenters. The second-order valence-corrected chi connectivity index (χ2v) is 5.76. The molecule has 0 aliphatic carbocycles. The van der Waals surface area contributed by atoms with Crippen LogP contribution in [0.2, 0.25) is 0 Å². The molecule has 0 radical (unpaired) electrons. The molecular weight excluding hydrogens is 313 g/mol. The van der Waals surface area contributed by atoms with Crippen molar-refractivity contribution in [3.05, 3.63) is 34.1 Å². The van der Waals surface area contributed by atoms with Crippen LogP contribution in [0.5, 0.6) is 0 Å². The smallest absolute Gasteiger partial charge is 0.242 e. The fraction of sp³-hybridized carbons (Fsp3) is 0.462. The van der Waals surface area contributed by atoms with Gasteiger partial charge in [-0.05, 0) is 39.2 Å². The van der Waals surface area contributed by atoms with Crippen LogP contribution in [0.4, 0.5) is 4.39 Å². The molecule has 0 heterocycles. The van der Waals surface area contributed by atoms with E-state index in [1.807, 2.05) is 19.0 Å². The number of carbonyl (C=O) groups is 1. The topological polar surface area (TPSA) is 58.4 Å². The number of rotatable bonds is 6. The monoisotopic (exact) mass is 331 g/mol. The van der Waals surface area contributed by atoms with Crippen molar-refractivity contribution in [1.29, 1.82) is 0 Å². The molecule has 0 bridgehead atoms. The van der Waals surface area contributed by atoms with Gasteiger partial charge >= 0.3 is 0 Å². The summed E-state index contributed by atoms with van der Waals surface area (Å²) >= 11 is 3.27. The molecule has 106 valence electrons. The van der Waals surface area contributed by atoms with Gasteiger partial charge in [0, 0.05) is 23.1 Å². The fourth-order valence-electron chi connectivity index (χ4n) is 1.73. The maximum Gasteiger partial charge on any atom is 0.242 e. The lowest BCUT2D eigenvalue weighted by molar-refractivity contribution is -0.124. The van der Waals surface area contributed by atoms with Gasteiger partial charge in [-0.1, -0.05) is 15.9 Å². The normalized spacial score (nSPS) is 14.4. The van der Waals surface area contributed by atoms with E-state index in [0.29, 0.717) is 11.0 Å². The molecule has 1 aromatic rings. The summed E-state index contributed by atoms with van der Waals surface area (Å²) in [6.07, 6.45) is 0. The summed E-state index contributed by atoms with van der Waals surface area (Å²) in [5.41, 5.74) is 4.45. The third-order valence-electron chi connectivity index (χ3n) is 3.00. The molecule has 1 amide bonds. The van der Waals surface area contributed by atoms with Crippen LogP contribution in [-0.4, -0.2) is 38.0 Å². The quantitative estimate of drug-likeness (QED) is 0.829. The van der Waals surface area contributed by atoms with Crippen LogP contribution in [0.3, 0.4) is 0 Å². The summed E-state index contributed by atoms with van der Waals surface area (Å²) in [4.78, 5) is 13.7. The highest BCUT2D eigenvalue weighted by molar-refractivity contribution is 9.10. The lowest BCUT2D eigenvalue weighted by Gasteiger charge is -2.29. The molecule has 1 unspecified atom stereocenters. The lowest BCUT2D eigenvalue weighted by atomic mass is 9.90. The Kier molecular flexibility index (Phi) is 5.46. The van der Waals surface area contributed by atoms with E-state index in [-0.39, 0.29) is 5.56 Å². The summed E-state index contributed by atoms with van der Waals surface area (Å²) in [6, 6.07) is 4.47. The van der Waals surface area contributed by atoms with Crippen molar-refractivity contribution >= 4 is 21.8 Å². The first-order valence-electron chi connectivity index (χ1n) is 5.92. The van der Waals surface area contributed by atoms with Crippen molar-refractivity contribution in [1.82, 2.24) is 10.2 Å². The van der Waals surface area contributed by atoms with Gasteiger partial charge in [0.05, 0.1) is 0 Å². The molecular formula is C13H19BrFN3O. The molecule has 0 aromatic heterocycles. The summed E-state index contributed by atoms with van der Waals surface area (Å²) in [7, 11) is 3.84. The SMILES string of the molecule is CN(C)CCNC(C)(C(N)=O)c1cc(Br)ccc1F. The third-order valence-corrected chi connectivity index (χ3v) is 3.49. The Balaban J connectivity index is 3.04. The van der Waals surface area contributed by atoms with Crippen LogP contribution in [0.25, 0.3) is 0 Å². The van der Waals surface area contributed by atoms with E-state index >= 15 is 0 Å². The Morgan fingerprint density at radius 2 is 2.16 bits per heavy atom. The molecule has 0 saturated carbocycles. The highest BCUT2D eigenvalue weighted by Gasteiger charge is 2.35. The molecule has 0 saturated heterocycles. The largest absolute Gasteiger partial charge is 0.368 e. The Bertz CT molecular complexity index is 467. The molecule has 1 rings (SSSR count). The number of carbonyl (C=O) groups excluding carboxylic acids is 1. The number of halogens is 2. The second kappa shape index (κ2) is 6.45. The second-order valence-electron chi connectivity index (χ2n) is 4.84. The molecule has 0 aliphatic rings. The Morgan fingerprint density at radius 1 is 1.53 bits per heavy atom. The standard InChI is InChI=1S/C13H19BrFN3O/c1-13(12(16)19,17-6-7-18(2)3)10-8-9(14)4-5-11(10)15/h4-5,8,17H,6-7H2,1-3H3,(H2,16,19). The van der Waals surface area contributed by atoms with Crippen LogP contribution in [-0.2, 0) is 10.3 Å². The maximum absolute atomic E-state index is 13.9. The fourth-order valence-corrected chi connectivity index (χ4v) is 2.09. The van der Waals surface area contributed by atoms with Crippen LogP contribution in [0, 0.1) is 5.82 Å². The van der Waals surface area contributed by atoms with E-state index in [2.05, 4.69) is 21.2 Å². The Labute approximate surface area is 121 Å². The van der Waals surface area contributed by atoms with Gasteiger partial charge in [-0.25, -0.2) is 4.39 Å². The van der Waals surface area contributed by atoms with Crippen LogP contribution in [0.15, 0.2) is 22.7 Å². The van der Waals surface area contributed by atoms with E-state index in [4.69, 9.17) is 5.73 Å². The minimum absolute atomic E-state index is 0.244. The van der Waals surface area contributed by atoms with E-state index in [0.717, 1.165) is 6.54 Å². The minimum Gasteiger partial charge on any atom is -0.368 e. The highest BCUT2D eigenvalue weighted by Crippen LogP contribution is 2.26. The van der Waals surface area contributed by atoms with Gasteiger partial charge in [-0.2, -0.15) is 0 Å². The minimum atomic E-state index is -1.23. The van der Waals surface area contributed by atoms with Crippen molar-refractivity contribution < 1.29 is 9.18 Å². The van der Waals surface area contributed by atoms with Gasteiger partial charge in [0.25, 0.3) is 0 Å². The zero-order valence-electron chi connectivity index (χ0n) is 11.3. The molecule has 0 aliphatic heterocycles.